The van der Waals surface area contributed by atoms with E-state index in [0.29, 0.717) is 29.4 Å². The smallest absolute Gasteiger partial charge is 0.311 e. The van der Waals surface area contributed by atoms with Crippen LogP contribution in [-0.4, -0.2) is 16.5 Å². The molecule has 1 aliphatic rings. The molecule has 3 nitrogen and oxygen atoms in total. The van der Waals surface area contributed by atoms with E-state index in [1.165, 1.54) is 0 Å². The summed E-state index contributed by atoms with van der Waals surface area (Å²) >= 11 is 5.79. The Balaban J connectivity index is 2.16. The molecule has 0 amide bonds. The minimum atomic E-state index is -4.48. The molecule has 0 spiro atoms. The van der Waals surface area contributed by atoms with E-state index < -0.39 is 11.9 Å². The van der Waals surface area contributed by atoms with Gasteiger partial charge in [0.15, 0.2) is 11.5 Å². The van der Waals surface area contributed by atoms with E-state index in [1.54, 1.807) is 24.3 Å². The van der Waals surface area contributed by atoms with Gasteiger partial charge in [0.05, 0.1) is 5.69 Å². The van der Waals surface area contributed by atoms with Gasteiger partial charge in [-0.05, 0) is 37.2 Å². The molecule has 0 radical (unpaired) electrons. The third-order valence-electron chi connectivity index (χ3n) is 3.31. The number of hydrogen-bond acceptors (Lipinski definition) is 3. The zero-order valence-corrected chi connectivity index (χ0v) is 11.6. The molecule has 1 aromatic carbocycles. The molecule has 0 aliphatic carbocycles. The van der Waals surface area contributed by atoms with Crippen LogP contribution in [0.1, 0.15) is 17.0 Å². The molecule has 1 aromatic heterocycles. The van der Waals surface area contributed by atoms with Crippen molar-refractivity contribution >= 4 is 11.6 Å². The van der Waals surface area contributed by atoms with Gasteiger partial charge >= 0.3 is 6.18 Å². The predicted octanol–water partition coefficient (Wildman–Crippen LogP) is 3.46. The van der Waals surface area contributed by atoms with Crippen molar-refractivity contribution in [1.29, 1.82) is 0 Å². The van der Waals surface area contributed by atoms with Crippen LogP contribution in [0.2, 0.25) is 5.02 Å². The van der Waals surface area contributed by atoms with Crippen molar-refractivity contribution in [3.05, 3.63) is 46.2 Å². The molecule has 3 rings (SSSR count). The highest BCUT2D eigenvalue weighted by Gasteiger charge is 2.38. The summed E-state index contributed by atoms with van der Waals surface area (Å²) < 4.78 is 39.6. The molecular weight excluding hydrogens is 303 g/mol. The minimum absolute atomic E-state index is 0.0708. The van der Waals surface area contributed by atoms with E-state index in [9.17, 15) is 13.2 Å². The maximum Gasteiger partial charge on any atom is 0.433 e. The zero-order chi connectivity index (χ0) is 15.0. The maximum atomic E-state index is 13.2. The molecule has 0 saturated carbocycles. The average molecular weight is 314 g/mol. The molecule has 1 N–H and O–H groups in total. The van der Waals surface area contributed by atoms with Gasteiger partial charge in [0.2, 0.25) is 0 Å². The fourth-order valence-corrected chi connectivity index (χ4v) is 2.45. The summed E-state index contributed by atoms with van der Waals surface area (Å²) in [4.78, 5) is 8.02. The molecule has 2 heterocycles. The molecule has 7 heteroatoms. The van der Waals surface area contributed by atoms with E-state index >= 15 is 0 Å². The molecule has 0 fully saturated rings. The second kappa shape index (κ2) is 5.27. The average Bonchev–Trinajstić information content (AvgIpc) is 2.46. The number of alkyl halides is 3. The van der Waals surface area contributed by atoms with Gasteiger partial charge in [-0.15, -0.1) is 0 Å². The summed E-state index contributed by atoms with van der Waals surface area (Å²) in [6.45, 7) is 0.821. The summed E-state index contributed by atoms with van der Waals surface area (Å²) in [5, 5.41) is 3.54. The molecule has 1 aliphatic heterocycles. The van der Waals surface area contributed by atoms with Crippen LogP contribution < -0.4 is 5.32 Å². The topological polar surface area (TPSA) is 37.8 Å². The Morgan fingerprint density at radius 1 is 1.10 bits per heavy atom. The number of hydrogen-bond donors (Lipinski definition) is 1. The lowest BCUT2D eigenvalue weighted by Gasteiger charge is -2.21. The normalized spacial score (nSPS) is 14.9. The SMILES string of the molecule is FC(F)(F)c1nc(-c2ccc(Cl)cc2)nc2c1CCNC2. The Hall–Kier alpha value is -1.66. The van der Waals surface area contributed by atoms with Gasteiger partial charge < -0.3 is 5.32 Å². The number of aromatic nitrogens is 2. The fraction of sp³-hybridized carbons (Fsp3) is 0.286. The first-order valence-electron chi connectivity index (χ1n) is 6.39. The van der Waals surface area contributed by atoms with Crippen molar-refractivity contribution in [1.82, 2.24) is 15.3 Å². The summed E-state index contributed by atoms with van der Waals surface area (Å²) in [5.74, 6) is 0.0708. The van der Waals surface area contributed by atoms with Crippen LogP contribution in [0.3, 0.4) is 0 Å². The fourth-order valence-electron chi connectivity index (χ4n) is 2.32. The van der Waals surface area contributed by atoms with Gasteiger partial charge in [0.1, 0.15) is 0 Å². The quantitative estimate of drug-likeness (QED) is 0.876. The molecule has 0 bridgehead atoms. The Morgan fingerprint density at radius 3 is 2.48 bits per heavy atom. The largest absolute Gasteiger partial charge is 0.433 e. The number of rotatable bonds is 1. The Kier molecular flexibility index (Phi) is 3.59. The van der Waals surface area contributed by atoms with Crippen LogP contribution in [0.5, 0.6) is 0 Å². The summed E-state index contributed by atoms with van der Waals surface area (Å²) in [7, 11) is 0. The molecule has 0 unspecified atom stereocenters. The number of nitrogens with zero attached hydrogens (tertiary/aromatic N) is 2. The van der Waals surface area contributed by atoms with Crippen molar-refractivity contribution in [2.75, 3.05) is 6.54 Å². The lowest BCUT2D eigenvalue weighted by atomic mass is 10.0. The third kappa shape index (κ3) is 2.87. The van der Waals surface area contributed by atoms with Crippen LogP contribution in [0.4, 0.5) is 13.2 Å². The van der Waals surface area contributed by atoms with Crippen LogP contribution in [0, 0.1) is 0 Å². The monoisotopic (exact) mass is 313 g/mol. The van der Waals surface area contributed by atoms with Gasteiger partial charge in [0, 0.05) is 22.7 Å². The van der Waals surface area contributed by atoms with Crippen molar-refractivity contribution < 1.29 is 13.2 Å². The first kappa shape index (κ1) is 14.3. The lowest BCUT2D eigenvalue weighted by Crippen LogP contribution is -2.28. The van der Waals surface area contributed by atoms with Gasteiger partial charge in [-0.3, -0.25) is 0 Å². The van der Waals surface area contributed by atoms with Crippen molar-refractivity contribution in [2.45, 2.75) is 19.1 Å². The maximum absolute atomic E-state index is 13.2. The summed E-state index contributed by atoms with van der Waals surface area (Å²) in [5.41, 5.74) is 0.282. The first-order valence-corrected chi connectivity index (χ1v) is 6.76. The van der Waals surface area contributed by atoms with Crippen LogP contribution in [-0.2, 0) is 19.1 Å². The third-order valence-corrected chi connectivity index (χ3v) is 3.56. The standard InChI is InChI=1S/C14H11ClF3N3/c15-9-3-1-8(2-4-9)13-20-11-7-19-6-5-10(11)12(21-13)14(16,17)18/h1-4,19H,5-7H2. The van der Waals surface area contributed by atoms with E-state index in [2.05, 4.69) is 15.3 Å². The van der Waals surface area contributed by atoms with Crippen molar-refractivity contribution in [2.24, 2.45) is 0 Å². The molecular formula is C14H11ClF3N3. The highest BCUT2D eigenvalue weighted by molar-refractivity contribution is 6.30. The second-order valence-corrected chi connectivity index (χ2v) is 5.19. The molecule has 0 saturated heterocycles. The molecule has 21 heavy (non-hydrogen) atoms. The number of halogens is 4. The lowest BCUT2D eigenvalue weighted by molar-refractivity contribution is -0.142. The summed E-state index contributed by atoms with van der Waals surface area (Å²) in [6, 6.07) is 6.43. The van der Waals surface area contributed by atoms with Crippen LogP contribution >= 0.6 is 11.6 Å². The predicted molar refractivity (Wildman–Crippen MR) is 72.9 cm³/mol. The number of nitrogens with one attached hydrogen (secondary N) is 1. The minimum Gasteiger partial charge on any atom is -0.311 e. The summed E-state index contributed by atoms with van der Waals surface area (Å²) in [6.07, 6.45) is -4.20. The Morgan fingerprint density at radius 2 is 1.81 bits per heavy atom. The van der Waals surface area contributed by atoms with E-state index in [4.69, 9.17) is 11.6 Å². The number of benzene rings is 1. The van der Waals surface area contributed by atoms with Gasteiger partial charge in [-0.1, -0.05) is 11.6 Å². The Labute approximate surface area is 124 Å². The van der Waals surface area contributed by atoms with Gasteiger partial charge in [-0.2, -0.15) is 13.2 Å². The highest BCUT2D eigenvalue weighted by atomic mass is 35.5. The van der Waals surface area contributed by atoms with Crippen molar-refractivity contribution in [3.63, 3.8) is 0 Å². The van der Waals surface area contributed by atoms with E-state index in [-0.39, 0.29) is 17.8 Å². The van der Waals surface area contributed by atoms with Crippen molar-refractivity contribution in [3.8, 4) is 11.4 Å². The van der Waals surface area contributed by atoms with Gasteiger partial charge in [-0.25, -0.2) is 9.97 Å². The van der Waals surface area contributed by atoms with Crippen LogP contribution in [0.15, 0.2) is 24.3 Å². The molecule has 110 valence electrons. The van der Waals surface area contributed by atoms with E-state index in [1.807, 2.05) is 0 Å². The number of fused-ring (bicyclic) bond motifs is 1. The zero-order valence-electron chi connectivity index (χ0n) is 10.8. The second-order valence-electron chi connectivity index (χ2n) is 4.75. The van der Waals surface area contributed by atoms with Crippen LogP contribution in [0.25, 0.3) is 11.4 Å². The first-order chi connectivity index (χ1) is 9.95. The van der Waals surface area contributed by atoms with E-state index in [0.717, 1.165) is 0 Å². The Bertz CT molecular complexity index is 668. The highest BCUT2D eigenvalue weighted by Crippen LogP contribution is 2.34. The van der Waals surface area contributed by atoms with Gasteiger partial charge in [0.25, 0.3) is 0 Å². The molecule has 2 aromatic rings. The molecule has 0 atom stereocenters.